The van der Waals surface area contributed by atoms with Crippen LogP contribution >= 0.6 is 0 Å². The fraction of sp³-hybridized carbons (Fsp3) is 0.455. The number of fused-ring (bicyclic) bond motifs is 1. The van der Waals surface area contributed by atoms with Crippen LogP contribution in [0.25, 0.3) is 11.2 Å². The smallest absolute Gasteiger partial charge is 0.304 e. The third-order valence-electron chi connectivity index (χ3n) is 2.51. The normalized spacial score (nSPS) is 11.0. The van der Waals surface area contributed by atoms with Crippen LogP contribution < -0.4 is 5.69 Å². The standard InChI is InChI=1S/C11H15N3O/c1-2-3-4-8-14-10-9(13-11(14)15)6-5-7-12-10/h5-7H,2-4,8H2,1H3,(H,13,15). The molecule has 0 fully saturated rings. The molecule has 0 bridgehead atoms. The van der Waals surface area contributed by atoms with Crippen molar-refractivity contribution in [1.29, 1.82) is 0 Å². The summed E-state index contributed by atoms with van der Waals surface area (Å²) in [6.07, 6.45) is 5.04. The van der Waals surface area contributed by atoms with Crippen LogP contribution in [0, 0.1) is 0 Å². The number of hydrogen-bond donors (Lipinski definition) is 1. The molecule has 0 aromatic carbocycles. The Balaban J connectivity index is 2.33. The third-order valence-corrected chi connectivity index (χ3v) is 2.51. The first-order valence-corrected chi connectivity index (χ1v) is 5.36. The first kappa shape index (κ1) is 9.96. The molecule has 0 saturated carbocycles. The number of aromatic amines is 1. The van der Waals surface area contributed by atoms with Gasteiger partial charge in [-0.25, -0.2) is 9.78 Å². The van der Waals surface area contributed by atoms with Crippen LogP contribution in [0.3, 0.4) is 0 Å². The summed E-state index contributed by atoms with van der Waals surface area (Å²) in [7, 11) is 0. The van der Waals surface area contributed by atoms with Crippen LogP contribution in [0.5, 0.6) is 0 Å². The van der Waals surface area contributed by atoms with Gasteiger partial charge in [0.05, 0.1) is 5.52 Å². The first-order chi connectivity index (χ1) is 7.33. The number of aromatic nitrogens is 3. The van der Waals surface area contributed by atoms with Crippen LogP contribution in [-0.4, -0.2) is 14.5 Å². The minimum atomic E-state index is -0.0557. The summed E-state index contributed by atoms with van der Waals surface area (Å²) >= 11 is 0. The number of imidazole rings is 1. The van der Waals surface area contributed by atoms with Gasteiger partial charge in [-0.2, -0.15) is 0 Å². The summed E-state index contributed by atoms with van der Waals surface area (Å²) in [5.41, 5.74) is 1.53. The van der Waals surface area contributed by atoms with Gasteiger partial charge in [0.2, 0.25) is 0 Å². The number of hydrogen-bond acceptors (Lipinski definition) is 2. The van der Waals surface area contributed by atoms with Gasteiger partial charge in [0.15, 0.2) is 5.65 Å². The largest absolute Gasteiger partial charge is 0.327 e. The Kier molecular flexibility index (Phi) is 2.85. The number of pyridine rings is 1. The van der Waals surface area contributed by atoms with E-state index in [2.05, 4.69) is 16.9 Å². The van der Waals surface area contributed by atoms with E-state index in [0.717, 1.165) is 37.0 Å². The lowest BCUT2D eigenvalue weighted by Gasteiger charge is -2.00. The molecule has 2 rings (SSSR count). The van der Waals surface area contributed by atoms with Gasteiger partial charge in [0, 0.05) is 12.7 Å². The molecule has 0 aliphatic heterocycles. The van der Waals surface area contributed by atoms with Gasteiger partial charge in [-0.05, 0) is 18.6 Å². The predicted octanol–water partition coefficient (Wildman–Crippen LogP) is 1.91. The maximum atomic E-state index is 11.6. The Morgan fingerprint density at radius 2 is 2.33 bits per heavy atom. The maximum Gasteiger partial charge on any atom is 0.327 e. The van der Waals surface area contributed by atoms with Crippen molar-refractivity contribution in [3.63, 3.8) is 0 Å². The number of aryl methyl sites for hydroxylation is 1. The summed E-state index contributed by atoms with van der Waals surface area (Å²) in [6, 6.07) is 3.70. The van der Waals surface area contributed by atoms with Gasteiger partial charge in [-0.1, -0.05) is 19.8 Å². The lowest BCUT2D eigenvalue weighted by Crippen LogP contribution is -2.17. The van der Waals surface area contributed by atoms with Gasteiger partial charge in [-0.15, -0.1) is 0 Å². The van der Waals surface area contributed by atoms with Crippen LogP contribution in [-0.2, 0) is 6.54 Å². The summed E-state index contributed by atoms with van der Waals surface area (Å²) in [5.74, 6) is 0. The van der Waals surface area contributed by atoms with E-state index in [0.29, 0.717) is 0 Å². The molecule has 0 saturated heterocycles. The van der Waals surface area contributed by atoms with E-state index in [9.17, 15) is 4.79 Å². The Bertz CT molecular complexity index is 498. The molecule has 0 radical (unpaired) electrons. The van der Waals surface area contributed by atoms with Gasteiger partial charge < -0.3 is 4.98 Å². The van der Waals surface area contributed by atoms with E-state index < -0.39 is 0 Å². The zero-order valence-electron chi connectivity index (χ0n) is 8.86. The van der Waals surface area contributed by atoms with Crippen molar-refractivity contribution in [1.82, 2.24) is 14.5 Å². The van der Waals surface area contributed by atoms with Gasteiger partial charge >= 0.3 is 5.69 Å². The zero-order valence-corrected chi connectivity index (χ0v) is 8.86. The van der Waals surface area contributed by atoms with Crippen molar-refractivity contribution in [3.8, 4) is 0 Å². The van der Waals surface area contributed by atoms with E-state index in [-0.39, 0.29) is 5.69 Å². The van der Waals surface area contributed by atoms with Crippen molar-refractivity contribution < 1.29 is 0 Å². The number of H-pyrrole nitrogens is 1. The Morgan fingerprint density at radius 1 is 1.47 bits per heavy atom. The molecule has 0 atom stereocenters. The fourth-order valence-electron chi connectivity index (χ4n) is 1.72. The summed E-state index contributed by atoms with van der Waals surface area (Å²) in [5, 5.41) is 0. The summed E-state index contributed by atoms with van der Waals surface area (Å²) in [4.78, 5) is 18.6. The monoisotopic (exact) mass is 205 g/mol. The van der Waals surface area contributed by atoms with Crippen molar-refractivity contribution in [3.05, 3.63) is 28.8 Å². The maximum absolute atomic E-state index is 11.6. The highest BCUT2D eigenvalue weighted by atomic mass is 16.1. The number of rotatable bonds is 4. The predicted molar refractivity (Wildman–Crippen MR) is 59.9 cm³/mol. The van der Waals surface area contributed by atoms with E-state index in [1.165, 1.54) is 0 Å². The van der Waals surface area contributed by atoms with Gasteiger partial charge in [0.1, 0.15) is 0 Å². The van der Waals surface area contributed by atoms with Gasteiger partial charge in [0.25, 0.3) is 0 Å². The molecule has 80 valence electrons. The minimum Gasteiger partial charge on any atom is -0.304 e. The second kappa shape index (κ2) is 4.29. The Hall–Kier alpha value is -1.58. The highest BCUT2D eigenvalue weighted by Crippen LogP contribution is 2.06. The molecule has 0 spiro atoms. The highest BCUT2D eigenvalue weighted by molar-refractivity contribution is 5.69. The molecular formula is C11H15N3O. The summed E-state index contributed by atoms with van der Waals surface area (Å²) in [6.45, 7) is 2.90. The molecule has 0 unspecified atom stereocenters. The van der Waals surface area contributed by atoms with E-state index in [1.807, 2.05) is 12.1 Å². The number of nitrogens with one attached hydrogen (secondary N) is 1. The minimum absolute atomic E-state index is 0.0557. The molecule has 1 N–H and O–H groups in total. The molecular weight excluding hydrogens is 190 g/mol. The molecule has 0 amide bonds. The molecule has 2 aromatic heterocycles. The molecule has 15 heavy (non-hydrogen) atoms. The summed E-state index contributed by atoms with van der Waals surface area (Å²) < 4.78 is 1.71. The fourth-order valence-corrected chi connectivity index (χ4v) is 1.72. The number of unbranched alkanes of at least 4 members (excludes halogenated alkanes) is 2. The highest BCUT2D eigenvalue weighted by Gasteiger charge is 2.05. The number of nitrogens with zero attached hydrogens (tertiary/aromatic N) is 2. The zero-order chi connectivity index (χ0) is 10.7. The van der Waals surface area contributed by atoms with Crippen molar-refractivity contribution in [2.45, 2.75) is 32.7 Å². The lowest BCUT2D eigenvalue weighted by atomic mass is 10.2. The van der Waals surface area contributed by atoms with Gasteiger partial charge in [-0.3, -0.25) is 4.57 Å². The topological polar surface area (TPSA) is 50.7 Å². The van der Waals surface area contributed by atoms with Crippen LogP contribution in [0.4, 0.5) is 0 Å². The molecule has 2 heterocycles. The molecule has 4 heteroatoms. The average Bonchev–Trinajstić information content (AvgIpc) is 2.56. The van der Waals surface area contributed by atoms with Crippen LogP contribution in [0.1, 0.15) is 26.2 Å². The first-order valence-electron chi connectivity index (χ1n) is 5.36. The Labute approximate surface area is 88.0 Å². The van der Waals surface area contributed by atoms with E-state index in [4.69, 9.17) is 0 Å². The molecule has 4 nitrogen and oxygen atoms in total. The second-order valence-electron chi connectivity index (χ2n) is 3.66. The third kappa shape index (κ3) is 1.93. The second-order valence-corrected chi connectivity index (χ2v) is 3.66. The molecule has 0 aliphatic rings. The van der Waals surface area contributed by atoms with Crippen molar-refractivity contribution in [2.75, 3.05) is 0 Å². The Morgan fingerprint density at radius 3 is 3.13 bits per heavy atom. The average molecular weight is 205 g/mol. The van der Waals surface area contributed by atoms with Crippen molar-refractivity contribution >= 4 is 11.2 Å². The lowest BCUT2D eigenvalue weighted by molar-refractivity contribution is 0.598. The molecule has 2 aromatic rings. The van der Waals surface area contributed by atoms with Crippen LogP contribution in [0.2, 0.25) is 0 Å². The van der Waals surface area contributed by atoms with Crippen LogP contribution in [0.15, 0.2) is 23.1 Å². The quantitative estimate of drug-likeness (QED) is 0.775. The van der Waals surface area contributed by atoms with Crippen molar-refractivity contribution in [2.24, 2.45) is 0 Å². The van der Waals surface area contributed by atoms with E-state index in [1.54, 1.807) is 10.8 Å². The SMILES string of the molecule is CCCCCn1c(=O)[nH]c2cccnc21. The molecule has 0 aliphatic carbocycles. The van der Waals surface area contributed by atoms with E-state index >= 15 is 0 Å².